The van der Waals surface area contributed by atoms with E-state index < -0.39 is 0 Å². The van der Waals surface area contributed by atoms with Gasteiger partial charge in [-0.1, -0.05) is 18.2 Å². The van der Waals surface area contributed by atoms with Gasteiger partial charge in [0, 0.05) is 17.6 Å². The van der Waals surface area contributed by atoms with E-state index in [9.17, 15) is 5.26 Å². The minimum Gasteiger partial charge on any atom is -0.337 e. The summed E-state index contributed by atoms with van der Waals surface area (Å²) in [6.45, 7) is 4.06. The lowest BCUT2D eigenvalue weighted by molar-refractivity contribution is 0.921. The zero-order valence-electron chi connectivity index (χ0n) is 14.6. The second kappa shape index (κ2) is 6.34. The molecule has 0 aliphatic rings. The van der Waals surface area contributed by atoms with Crippen LogP contribution in [0.3, 0.4) is 0 Å². The maximum absolute atomic E-state index is 9.65. The number of nitriles is 1. The molecular weight excluding hydrogens is 322 g/mol. The van der Waals surface area contributed by atoms with E-state index in [4.69, 9.17) is 0 Å². The summed E-state index contributed by atoms with van der Waals surface area (Å²) in [5.41, 5.74) is 5.34. The highest BCUT2D eigenvalue weighted by Gasteiger charge is 2.13. The number of aromatic nitrogens is 4. The van der Waals surface area contributed by atoms with E-state index in [2.05, 4.69) is 31.7 Å². The Labute approximate surface area is 151 Å². The van der Waals surface area contributed by atoms with Gasteiger partial charge >= 0.3 is 0 Å². The summed E-state index contributed by atoms with van der Waals surface area (Å²) in [7, 11) is 0. The van der Waals surface area contributed by atoms with Crippen molar-refractivity contribution < 1.29 is 0 Å². The molecule has 1 N–H and O–H groups in total. The van der Waals surface area contributed by atoms with E-state index in [-0.39, 0.29) is 0 Å². The van der Waals surface area contributed by atoms with Crippen LogP contribution in [0, 0.1) is 25.2 Å². The molecule has 0 saturated heterocycles. The lowest BCUT2D eigenvalue weighted by Crippen LogP contribution is -2.01. The van der Waals surface area contributed by atoms with Gasteiger partial charge in [-0.25, -0.2) is 9.97 Å². The van der Waals surface area contributed by atoms with Crippen molar-refractivity contribution in [3.05, 3.63) is 77.5 Å². The van der Waals surface area contributed by atoms with Crippen molar-refractivity contribution >= 4 is 22.7 Å². The third-order valence-corrected chi connectivity index (χ3v) is 4.41. The minimum atomic E-state index is 0.502. The van der Waals surface area contributed by atoms with E-state index in [1.165, 1.54) is 0 Å². The smallest absolute Gasteiger partial charge is 0.149 e. The molecule has 0 aliphatic heterocycles. The minimum absolute atomic E-state index is 0.502. The topological polar surface area (TPSA) is 70.3 Å². The molecule has 0 bridgehead atoms. The molecule has 0 atom stereocenters. The maximum atomic E-state index is 9.65. The fourth-order valence-electron chi connectivity index (χ4n) is 3.16. The zero-order chi connectivity index (χ0) is 18.1. The van der Waals surface area contributed by atoms with Crippen LogP contribution in [0.15, 0.2) is 54.7 Å². The van der Waals surface area contributed by atoms with Crippen molar-refractivity contribution in [3.8, 4) is 11.9 Å². The van der Waals surface area contributed by atoms with E-state index in [1.807, 2.05) is 62.4 Å². The third kappa shape index (κ3) is 2.68. The molecule has 0 radical (unpaired) electrons. The number of imidazole rings is 1. The monoisotopic (exact) mass is 339 g/mol. The summed E-state index contributed by atoms with van der Waals surface area (Å²) < 4.78 is 2.08. The SMILES string of the molecule is Cc1cc(/C=C(/C#N)c2nc3ccccc3[nH]2)c(C)n1-c1ccccn1. The van der Waals surface area contributed by atoms with Crippen molar-refractivity contribution in [2.45, 2.75) is 13.8 Å². The molecule has 5 nitrogen and oxygen atoms in total. The molecule has 4 aromatic rings. The summed E-state index contributed by atoms with van der Waals surface area (Å²) in [5.74, 6) is 1.45. The number of hydrogen-bond acceptors (Lipinski definition) is 3. The number of aromatic amines is 1. The first-order valence-electron chi connectivity index (χ1n) is 8.34. The average molecular weight is 339 g/mol. The van der Waals surface area contributed by atoms with Crippen LogP contribution >= 0.6 is 0 Å². The molecule has 1 aromatic carbocycles. The van der Waals surface area contributed by atoms with Gasteiger partial charge in [0.25, 0.3) is 0 Å². The summed E-state index contributed by atoms with van der Waals surface area (Å²) >= 11 is 0. The number of para-hydroxylation sites is 2. The third-order valence-electron chi connectivity index (χ3n) is 4.41. The quantitative estimate of drug-likeness (QED) is 0.561. The lowest BCUT2D eigenvalue weighted by Gasteiger charge is -2.07. The molecule has 3 aromatic heterocycles. The van der Waals surface area contributed by atoms with E-state index in [1.54, 1.807) is 6.20 Å². The Morgan fingerprint density at radius 3 is 2.69 bits per heavy atom. The van der Waals surface area contributed by atoms with Gasteiger partial charge in [0.1, 0.15) is 17.7 Å². The van der Waals surface area contributed by atoms with Crippen LogP contribution in [0.2, 0.25) is 0 Å². The highest BCUT2D eigenvalue weighted by atomic mass is 15.1. The molecule has 0 unspecified atom stereocenters. The second-order valence-electron chi connectivity index (χ2n) is 6.12. The molecule has 0 fully saturated rings. The normalized spacial score (nSPS) is 11.7. The molecule has 3 heterocycles. The molecular formula is C21H17N5. The number of fused-ring (bicyclic) bond motifs is 1. The largest absolute Gasteiger partial charge is 0.337 e. The first-order chi connectivity index (χ1) is 12.7. The van der Waals surface area contributed by atoms with Gasteiger partial charge in [-0.05, 0) is 55.8 Å². The Kier molecular flexibility index (Phi) is 3.86. The first-order valence-corrected chi connectivity index (χ1v) is 8.34. The number of hydrogen-bond donors (Lipinski definition) is 1. The summed E-state index contributed by atoms with van der Waals surface area (Å²) in [6, 6.07) is 17.9. The van der Waals surface area contributed by atoms with Crippen LogP contribution < -0.4 is 0 Å². The zero-order valence-corrected chi connectivity index (χ0v) is 14.6. The summed E-state index contributed by atoms with van der Waals surface area (Å²) in [4.78, 5) is 12.2. The fraction of sp³-hybridized carbons (Fsp3) is 0.0952. The van der Waals surface area contributed by atoms with Crippen LogP contribution in [0.5, 0.6) is 0 Å². The number of rotatable bonds is 3. The highest BCUT2D eigenvalue weighted by molar-refractivity contribution is 5.90. The summed E-state index contributed by atoms with van der Waals surface area (Å²) in [5, 5.41) is 9.65. The van der Waals surface area contributed by atoms with Crippen LogP contribution in [-0.4, -0.2) is 19.5 Å². The number of allylic oxidation sites excluding steroid dienone is 1. The predicted molar refractivity (Wildman–Crippen MR) is 103 cm³/mol. The summed E-state index contributed by atoms with van der Waals surface area (Å²) in [6.07, 6.45) is 3.65. The van der Waals surface area contributed by atoms with Crippen molar-refractivity contribution in [2.24, 2.45) is 0 Å². The fourth-order valence-corrected chi connectivity index (χ4v) is 3.16. The molecule has 26 heavy (non-hydrogen) atoms. The number of nitrogens with one attached hydrogen (secondary N) is 1. The Morgan fingerprint density at radius 1 is 1.15 bits per heavy atom. The Bertz CT molecular complexity index is 1120. The molecule has 0 amide bonds. The molecule has 126 valence electrons. The number of benzene rings is 1. The number of aryl methyl sites for hydroxylation is 1. The Morgan fingerprint density at radius 2 is 1.96 bits per heavy atom. The van der Waals surface area contributed by atoms with Gasteiger partial charge in [-0.15, -0.1) is 0 Å². The van der Waals surface area contributed by atoms with Crippen molar-refractivity contribution in [2.75, 3.05) is 0 Å². The Balaban J connectivity index is 1.81. The molecule has 0 saturated carbocycles. The van der Waals surface area contributed by atoms with Crippen LogP contribution in [0.25, 0.3) is 28.5 Å². The number of nitrogens with zero attached hydrogens (tertiary/aromatic N) is 4. The van der Waals surface area contributed by atoms with E-state index in [0.29, 0.717) is 11.4 Å². The second-order valence-corrected chi connectivity index (χ2v) is 6.12. The van der Waals surface area contributed by atoms with Gasteiger partial charge in [0.2, 0.25) is 0 Å². The molecule has 5 heteroatoms. The lowest BCUT2D eigenvalue weighted by atomic mass is 10.1. The van der Waals surface area contributed by atoms with Gasteiger partial charge in [0.05, 0.1) is 16.6 Å². The van der Waals surface area contributed by atoms with Crippen molar-refractivity contribution in [1.29, 1.82) is 5.26 Å². The van der Waals surface area contributed by atoms with Gasteiger partial charge in [0.15, 0.2) is 0 Å². The van der Waals surface area contributed by atoms with E-state index in [0.717, 1.165) is 33.8 Å². The van der Waals surface area contributed by atoms with E-state index >= 15 is 0 Å². The van der Waals surface area contributed by atoms with Crippen LogP contribution in [0.1, 0.15) is 22.8 Å². The van der Waals surface area contributed by atoms with Crippen LogP contribution in [0.4, 0.5) is 0 Å². The first kappa shape index (κ1) is 15.9. The highest BCUT2D eigenvalue weighted by Crippen LogP contribution is 2.24. The standard InChI is InChI=1S/C21H17N5/c1-14-11-16(15(2)26(14)20-9-5-6-10-23-20)12-17(13-22)21-24-18-7-3-4-8-19(18)25-21/h3-12H,1-2H3,(H,24,25)/b17-12-. The Hall–Kier alpha value is -3.65. The molecule has 4 rings (SSSR count). The maximum Gasteiger partial charge on any atom is 0.149 e. The van der Waals surface area contributed by atoms with Gasteiger partial charge < -0.3 is 9.55 Å². The van der Waals surface area contributed by atoms with Gasteiger partial charge in [-0.2, -0.15) is 5.26 Å². The molecule has 0 aliphatic carbocycles. The van der Waals surface area contributed by atoms with Crippen molar-refractivity contribution in [1.82, 2.24) is 19.5 Å². The van der Waals surface area contributed by atoms with Crippen LogP contribution in [-0.2, 0) is 0 Å². The molecule has 0 spiro atoms. The van der Waals surface area contributed by atoms with Gasteiger partial charge in [-0.3, -0.25) is 0 Å². The number of pyridine rings is 1. The number of H-pyrrole nitrogens is 1. The van der Waals surface area contributed by atoms with Crippen molar-refractivity contribution in [3.63, 3.8) is 0 Å². The predicted octanol–water partition coefficient (Wildman–Crippen LogP) is 4.43. The average Bonchev–Trinajstić information content (AvgIpc) is 3.21.